The number of nitrogens with one attached hydrogen (secondary N) is 2. The zero-order chi connectivity index (χ0) is 19.1. The summed E-state index contributed by atoms with van der Waals surface area (Å²) in [6, 6.07) is 12.8. The van der Waals surface area contributed by atoms with Crippen molar-refractivity contribution in [3.8, 4) is 0 Å². The second-order valence-electron chi connectivity index (χ2n) is 6.97. The highest BCUT2D eigenvalue weighted by atomic mass is 79.9. The molecule has 0 aliphatic carbocycles. The molecule has 6 nitrogen and oxygen atoms in total. The first-order valence-electron chi connectivity index (χ1n) is 8.91. The summed E-state index contributed by atoms with van der Waals surface area (Å²) in [5, 5.41) is 16.0. The molecule has 3 atom stereocenters. The van der Waals surface area contributed by atoms with Gasteiger partial charge in [-0.3, -0.25) is 9.59 Å². The van der Waals surface area contributed by atoms with Gasteiger partial charge < -0.3 is 20.6 Å². The van der Waals surface area contributed by atoms with E-state index in [-0.39, 0.29) is 11.9 Å². The molecule has 2 aromatic rings. The number of anilines is 3. The summed E-state index contributed by atoms with van der Waals surface area (Å²) in [5.41, 5.74) is 3.22. The fourth-order valence-corrected chi connectivity index (χ4v) is 4.38. The molecule has 0 saturated heterocycles. The zero-order valence-corrected chi connectivity index (χ0v) is 16.4. The molecule has 0 saturated carbocycles. The number of rotatable bonds is 3. The Kier molecular flexibility index (Phi) is 4.65. The number of aliphatic hydroxyl groups is 1. The Bertz CT molecular complexity index is 903. The molecule has 0 fully saturated rings. The normalized spacial score (nSPS) is 21.9. The van der Waals surface area contributed by atoms with Gasteiger partial charge in [0.05, 0.1) is 17.3 Å². The third kappa shape index (κ3) is 3.21. The predicted molar refractivity (Wildman–Crippen MR) is 108 cm³/mol. The van der Waals surface area contributed by atoms with Gasteiger partial charge in [0.15, 0.2) is 0 Å². The van der Waals surface area contributed by atoms with Crippen molar-refractivity contribution in [2.24, 2.45) is 5.92 Å². The molecule has 2 heterocycles. The second-order valence-corrected chi connectivity index (χ2v) is 7.88. The SMILES string of the molecule is CC(C(=O)Nc1ccccc1)C1CCc2cc(Br)cc3c2N1C(=O)C(O)N3. The molecule has 2 aliphatic heterocycles. The topological polar surface area (TPSA) is 81.7 Å². The Hall–Kier alpha value is -2.38. The maximum atomic E-state index is 12.8. The van der Waals surface area contributed by atoms with Crippen LogP contribution < -0.4 is 15.5 Å². The van der Waals surface area contributed by atoms with Gasteiger partial charge in [0.2, 0.25) is 12.1 Å². The molecule has 2 aliphatic rings. The van der Waals surface area contributed by atoms with E-state index in [1.165, 1.54) is 0 Å². The van der Waals surface area contributed by atoms with Gasteiger partial charge in [-0.05, 0) is 42.7 Å². The first-order valence-corrected chi connectivity index (χ1v) is 9.71. The van der Waals surface area contributed by atoms with Gasteiger partial charge in [-0.1, -0.05) is 41.1 Å². The van der Waals surface area contributed by atoms with Crippen LogP contribution in [0.25, 0.3) is 0 Å². The minimum Gasteiger partial charge on any atom is -0.366 e. The Morgan fingerprint density at radius 1 is 1.33 bits per heavy atom. The standard InChI is InChI=1S/C20H20BrN3O3/c1-11(18(25)22-14-5-3-2-4-6-14)16-8-7-12-9-13(21)10-15-17(12)24(16)20(27)19(26)23-15/h2-6,9-11,16,19,23,26H,7-8H2,1H3,(H,22,25). The largest absolute Gasteiger partial charge is 0.366 e. The Morgan fingerprint density at radius 3 is 2.81 bits per heavy atom. The molecule has 2 amide bonds. The number of carbonyl (C=O) groups excluding carboxylic acids is 2. The average molecular weight is 430 g/mol. The number of nitrogens with zero attached hydrogens (tertiary/aromatic N) is 1. The van der Waals surface area contributed by atoms with E-state index in [9.17, 15) is 14.7 Å². The molecule has 140 valence electrons. The van der Waals surface area contributed by atoms with Gasteiger partial charge in [-0.25, -0.2) is 0 Å². The summed E-state index contributed by atoms with van der Waals surface area (Å²) in [5.74, 6) is -0.992. The molecule has 4 rings (SSSR count). The number of para-hydroxylation sites is 1. The monoisotopic (exact) mass is 429 g/mol. The quantitative estimate of drug-likeness (QED) is 0.699. The summed E-state index contributed by atoms with van der Waals surface area (Å²) in [6.07, 6.45) is 0.103. The van der Waals surface area contributed by atoms with E-state index in [2.05, 4.69) is 26.6 Å². The van der Waals surface area contributed by atoms with Crippen LogP contribution in [0.3, 0.4) is 0 Å². The molecule has 0 spiro atoms. The lowest BCUT2D eigenvalue weighted by Gasteiger charge is -2.44. The summed E-state index contributed by atoms with van der Waals surface area (Å²) in [4.78, 5) is 27.2. The lowest BCUT2D eigenvalue weighted by molar-refractivity contribution is -0.127. The first-order chi connectivity index (χ1) is 13.0. The fraction of sp³-hybridized carbons (Fsp3) is 0.300. The summed E-state index contributed by atoms with van der Waals surface area (Å²) < 4.78 is 0.888. The van der Waals surface area contributed by atoms with Crippen molar-refractivity contribution in [2.45, 2.75) is 32.0 Å². The fourth-order valence-electron chi connectivity index (χ4n) is 3.88. The number of benzene rings is 2. The van der Waals surface area contributed by atoms with Crippen LogP contribution in [0, 0.1) is 5.92 Å². The number of hydrogen-bond donors (Lipinski definition) is 3. The lowest BCUT2D eigenvalue weighted by Crippen LogP contribution is -2.57. The second kappa shape index (κ2) is 6.98. The molecule has 3 N–H and O–H groups in total. The predicted octanol–water partition coefficient (Wildman–Crippen LogP) is 3.12. The van der Waals surface area contributed by atoms with Crippen LogP contribution >= 0.6 is 15.9 Å². The van der Waals surface area contributed by atoms with Gasteiger partial charge >= 0.3 is 0 Å². The smallest absolute Gasteiger partial charge is 0.277 e. The molecule has 27 heavy (non-hydrogen) atoms. The van der Waals surface area contributed by atoms with Crippen LogP contribution in [-0.4, -0.2) is 29.2 Å². The number of aryl methyl sites for hydroxylation is 1. The summed E-state index contributed by atoms with van der Waals surface area (Å²) in [7, 11) is 0. The highest BCUT2D eigenvalue weighted by Crippen LogP contribution is 2.44. The number of amides is 2. The molecule has 3 unspecified atom stereocenters. The van der Waals surface area contributed by atoms with Crippen molar-refractivity contribution in [3.05, 3.63) is 52.5 Å². The zero-order valence-electron chi connectivity index (χ0n) is 14.8. The minimum atomic E-state index is -1.32. The van der Waals surface area contributed by atoms with Crippen LogP contribution in [0.2, 0.25) is 0 Å². The van der Waals surface area contributed by atoms with Crippen molar-refractivity contribution < 1.29 is 14.7 Å². The van der Waals surface area contributed by atoms with Gasteiger partial charge in [-0.15, -0.1) is 0 Å². The summed E-state index contributed by atoms with van der Waals surface area (Å²) >= 11 is 3.48. The van der Waals surface area contributed by atoms with Crippen molar-refractivity contribution in [1.82, 2.24) is 0 Å². The van der Waals surface area contributed by atoms with Crippen molar-refractivity contribution in [2.75, 3.05) is 15.5 Å². The Labute approximate surface area is 165 Å². The molecular formula is C20H20BrN3O3. The molecule has 0 radical (unpaired) electrons. The number of carbonyl (C=O) groups is 2. The van der Waals surface area contributed by atoms with Gasteiger partial charge in [0.25, 0.3) is 5.91 Å². The van der Waals surface area contributed by atoms with Crippen LogP contribution in [0.5, 0.6) is 0 Å². The average Bonchev–Trinajstić information content (AvgIpc) is 2.65. The molecule has 0 aromatic heterocycles. The number of hydrogen-bond acceptors (Lipinski definition) is 4. The van der Waals surface area contributed by atoms with E-state index in [1.54, 1.807) is 4.90 Å². The van der Waals surface area contributed by atoms with Crippen molar-refractivity contribution >= 4 is 44.8 Å². The third-order valence-electron chi connectivity index (χ3n) is 5.23. The van der Waals surface area contributed by atoms with Gasteiger partial charge in [0, 0.05) is 16.2 Å². The van der Waals surface area contributed by atoms with Crippen LogP contribution in [-0.2, 0) is 16.0 Å². The van der Waals surface area contributed by atoms with E-state index >= 15 is 0 Å². The van der Waals surface area contributed by atoms with E-state index in [0.29, 0.717) is 12.1 Å². The van der Waals surface area contributed by atoms with Crippen molar-refractivity contribution in [1.29, 1.82) is 0 Å². The van der Waals surface area contributed by atoms with E-state index < -0.39 is 18.1 Å². The summed E-state index contributed by atoms with van der Waals surface area (Å²) in [6.45, 7) is 1.83. The minimum absolute atomic E-state index is 0.144. The maximum absolute atomic E-state index is 12.8. The highest BCUT2D eigenvalue weighted by Gasteiger charge is 2.43. The number of halogens is 1. The molecule has 7 heteroatoms. The highest BCUT2D eigenvalue weighted by molar-refractivity contribution is 9.10. The third-order valence-corrected chi connectivity index (χ3v) is 5.69. The van der Waals surface area contributed by atoms with Gasteiger partial charge in [0.1, 0.15) is 0 Å². The number of aliphatic hydroxyl groups excluding tert-OH is 1. The van der Waals surface area contributed by atoms with Crippen LogP contribution in [0.1, 0.15) is 18.9 Å². The van der Waals surface area contributed by atoms with Gasteiger partial charge in [-0.2, -0.15) is 0 Å². The molecule has 2 aromatic carbocycles. The Morgan fingerprint density at radius 2 is 2.07 bits per heavy atom. The van der Waals surface area contributed by atoms with Crippen LogP contribution in [0.4, 0.5) is 17.1 Å². The van der Waals surface area contributed by atoms with E-state index in [4.69, 9.17) is 0 Å². The maximum Gasteiger partial charge on any atom is 0.277 e. The van der Waals surface area contributed by atoms with Crippen LogP contribution in [0.15, 0.2) is 46.9 Å². The molecule has 0 bridgehead atoms. The first kappa shape index (κ1) is 18.0. The molecular weight excluding hydrogens is 410 g/mol. The van der Waals surface area contributed by atoms with E-state index in [0.717, 1.165) is 27.8 Å². The van der Waals surface area contributed by atoms with Crippen molar-refractivity contribution in [3.63, 3.8) is 0 Å². The lowest BCUT2D eigenvalue weighted by atomic mass is 9.86. The van der Waals surface area contributed by atoms with E-state index in [1.807, 2.05) is 49.4 Å². The Balaban J connectivity index is 1.66.